The number of H-pyrrole nitrogens is 1. The second kappa shape index (κ2) is 6.93. The third-order valence-electron chi connectivity index (χ3n) is 5.01. The molecule has 7 heteroatoms. The monoisotopic (exact) mass is 355 g/mol. The maximum Gasteiger partial charge on any atom is 0.255 e. The summed E-state index contributed by atoms with van der Waals surface area (Å²) in [5.74, 6) is 0.349. The lowest BCUT2D eigenvalue weighted by Gasteiger charge is -2.26. The highest BCUT2D eigenvalue weighted by Gasteiger charge is 2.35. The fraction of sp³-hybridized carbons (Fsp3) is 0.368. The average molecular weight is 355 g/mol. The first-order chi connectivity index (χ1) is 12.7. The van der Waals surface area contributed by atoms with Gasteiger partial charge in [-0.2, -0.15) is 5.10 Å². The molecule has 1 atom stereocenters. The Morgan fingerprint density at radius 1 is 1.38 bits per heavy atom. The van der Waals surface area contributed by atoms with E-state index in [1.165, 1.54) is 6.20 Å². The summed E-state index contributed by atoms with van der Waals surface area (Å²) in [6.45, 7) is 1.74. The second-order valence-electron chi connectivity index (χ2n) is 6.77. The van der Waals surface area contributed by atoms with Gasteiger partial charge < -0.3 is 19.6 Å². The van der Waals surface area contributed by atoms with Gasteiger partial charge >= 0.3 is 0 Å². The number of furan rings is 1. The minimum atomic E-state index is -0.224. The fourth-order valence-corrected chi connectivity index (χ4v) is 3.43. The maximum atomic E-state index is 12.7. The summed E-state index contributed by atoms with van der Waals surface area (Å²) in [5, 5.41) is 20.1. The Morgan fingerprint density at radius 2 is 2.27 bits per heavy atom. The minimum Gasteiger partial charge on any atom is -0.454 e. The van der Waals surface area contributed by atoms with Gasteiger partial charge in [0.25, 0.3) is 5.91 Å². The topological polar surface area (TPSA) is 100 Å². The molecule has 4 rings (SSSR count). The van der Waals surface area contributed by atoms with Crippen LogP contribution < -0.4 is 5.32 Å². The van der Waals surface area contributed by atoms with Crippen molar-refractivity contribution < 1.29 is 19.1 Å². The number of carbonyl (C=O) groups is 1. The zero-order chi connectivity index (χ0) is 18.0. The van der Waals surface area contributed by atoms with Gasteiger partial charge in [-0.25, -0.2) is 0 Å². The van der Waals surface area contributed by atoms with Gasteiger partial charge in [0.2, 0.25) is 0 Å². The molecule has 0 saturated carbocycles. The molecule has 1 fully saturated rings. The van der Waals surface area contributed by atoms with Gasteiger partial charge in [-0.3, -0.25) is 9.89 Å². The van der Waals surface area contributed by atoms with E-state index in [0.717, 1.165) is 17.4 Å². The van der Waals surface area contributed by atoms with Crippen LogP contribution in [0.25, 0.3) is 22.4 Å². The van der Waals surface area contributed by atoms with Crippen molar-refractivity contribution in [3.63, 3.8) is 0 Å². The van der Waals surface area contributed by atoms with Gasteiger partial charge in [0.05, 0.1) is 18.4 Å². The number of hydrogen-bond acceptors (Lipinski definition) is 5. The van der Waals surface area contributed by atoms with Crippen LogP contribution in [0.2, 0.25) is 0 Å². The summed E-state index contributed by atoms with van der Waals surface area (Å²) in [4.78, 5) is 12.7. The van der Waals surface area contributed by atoms with E-state index in [2.05, 4.69) is 15.5 Å². The summed E-state index contributed by atoms with van der Waals surface area (Å²) in [5.41, 5.74) is 1.54. The number of ether oxygens (including phenoxy) is 1. The van der Waals surface area contributed by atoms with E-state index in [1.54, 1.807) is 0 Å². The van der Waals surface area contributed by atoms with Gasteiger partial charge in [0.15, 0.2) is 5.76 Å². The molecule has 2 aromatic heterocycles. The number of rotatable bonds is 6. The number of fused-ring (bicyclic) bond motifs is 1. The molecule has 3 heterocycles. The number of nitrogens with one attached hydrogen (secondary N) is 2. The van der Waals surface area contributed by atoms with E-state index < -0.39 is 0 Å². The summed E-state index contributed by atoms with van der Waals surface area (Å²) in [6.07, 6.45) is 2.94. The first-order valence-corrected chi connectivity index (χ1v) is 8.70. The average Bonchev–Trinajstić information content (AvgIpc) is 3.38. The van der Waals surface area contributed by atoms with E-state index in [0.29, 0.717) is 43.2 Å². The predicted octanol–water partition coefficient (Wildman–Crippen LogP) is 2.34. The van der Waals surface area contributed by atoms with Crippen molar-refractivity contribution in [1.82, 2.24) is 15.5 Å². The Hall–Kier alpha value is -2.64. The lowest BCUT2D eigenvalue weighted by Crippen LogP contribution is -2.38. The van der Waals surface area contributed by atoms with E-state index in [-0.39, 0.29) is 17.9 Å². The van der Waals surface area contributed by atoms with Gasteiger partial charge in [0.1, 0.15) is 11.3 Å². The molecule has 1 unspecified atom stereocenters. The maximum absolute atomic E-state index is 12.7. The highest BCUT2D eigenvalue weighted by atomic mass is 16.5. The van der Waals surface area contributed by atoms with Crippen LogP contribution in [0.3, 0.4) is 0 Å². The van der Waals surface area contributed by atoms with E-state index >= 15 is 0 Å². The molecule has 1 amide bonds. The highest BCUT2D eigenvalue weighted by Crippen LogP contribution is 2.32. The molecular formula is C19H21N3O4. The van der Waals surface area contributed by atoms with Crippen molar-refractivity contribution in [2.24, 2.45) is 5.41 Å². The molecular weight excluding hydrogens is 334 g/mol. The molecule has 1 aliphatic heterocycles. The number of benzene rings is 1. The molecule has 3 N–H and O–H groups in total. The van der Waals surface area contributed by atoms with Crippen molar-refractivity contribution in [3.8, 4) is 11.5 Å². The number of para-hydroxylation sites is 1. The predicted molar refractivity (Wildman–Crippen MR) is 95.7 cm³/mol. The number of aliphatic hydroxyl groups is 1. The molecule has 1 aliphatic rings. The molecule has 0 bridgehead atoms. The van der Waals surface area contributed by atoms with Crippen LogP contribution >= 0.6 is 0 Å². The van der Waals surface area contributed by atoms with Crippen LogP contribution in [-0.2, 0) is 4.74 Å². The Labute approximate surface area is 150 Å². The molecule has 0 aliphatic carbocycles. The standard InChI is InChI=1S/C19H21N3O4/c23-7-5-19(6-8-25-12-19)11-20-18(24)14-10-21-22-17(14)16-9-13-3-1-2-4-15(13)26-16/h1-4,9-10,23H,5-8,11-12H2,(H,20,24)(H,21,22). The molecule has 136 valence electrons. The van der Waals surface area contributed by atoms with Gasteiger partial charge in [-0.1, -0.05) is 18.2 Å². The normalized spacial score (nSPS) is 19.9. The van der Waals surface area contributed by atoms with Gasteiger partial charge in [0, 0.05) is 30.6 Å². The molecule has 26 heavy (non-hydrogen) atoms. The van der Waals surface area contributed by atoms with Crippen LogP contribution in [0.1, 0.15) is 23.2 Å². The van der Waals surface area contributed by atoms with E-state index in [1.807, 2.05) is 30.3 Å². The third kappa shape index (κ3) is 3.11. The van der Waals surface area contributed by atoms with Crippen LogP contribution in [0.4, 0.5) is 0 Å². The lowest BCUT2D eigenvalue weighted by atomic mass is 9.84. The molecule has 1 saturated heterocycles. The Balaban J connectivity index is 1.53. The Kier molecular flexibility index (Phi) is 4.48. The lowest BCUT2D eigenvalue weighted by molar-refractivity contribution is 0.0890. The number of hydrogen-bond donors (Lipinski definition) is 3. The first kappa shape index (κ1) is 16.8. The van der Waals surface area contributed by atoms with Crippen LogP contribution in [0.5, 0.6) is 0 Å². The summed E-state index contributed by atoms with van der Waals surface area (Å²) in [6, 6.07) is 9.57. The smallest absolute Gasteiger partial charge is 0.255 e. The second-order valence-corrected chi connectivity index (χ2v) is 6.77. The number of aliphatic hydroxyl groups excluding tert-OH is 1. The number of aromatic amines is 1. The Morgan fingerprint density at radius 3 is 3.04 bits per heavy atom. The highest BCUT2D eigenvalue weighted by molar-refractivity contribution is 6.00. The number of aromatic nitrogens is 2. The van der Waals surface area contributed by atoms with Gasteiger partial charge in [-0.15, -0.1) is 0 Å². The molecule has 0 spiro atoms. The van der Waals surface area contributed by atoms with Crippen LogP contribution in [0.15, 0.2) is 40.9 Å². The minimum absolute atomic E-state index is 0.0785. The Bertz CT molecular complexity index is 875. The van der Waals surface area contributed by atoms with Crippen LogP contribution in [0, 0.1) is 5.41 Å². The number of carbonyl (C=O) groups excluding carboxylic acids is 1. The summed E-state index contributed by atoms with van der Waals surface area (Å²) < 4.78 is 11.3. The largest absolute Gasteiger partial charge is 0.454 e. The number of nitrogens with zero attached hydrogens (tertiary/aromatic N) is 1. The molecule has 3 aromatic rings. The summed E-state index contributed by atoms with van der Waals surface area (Å²) in [7, 11) is 0. The van der Waals surface area contributed by atoms with Crippen molar-refractivity contribution in [1.29, 1.82) is 0 Å². The SMILES string of the molecule is O=C(NCC1(CCO)CCOC1)c1cn[nH]c1-c1cc2ccccc2o1. The molecule has 1 aromatic carbocycles. The van der Waals surface area contributed by atoms with Crippen molar-refractivity contribution in [3.05, 3.63) is 42.1 Å². The molecule has 7 nitrogen and oxygen atoms in total. The quantitative estimate of drug-likeness (QED) is 0.630. The zero-order valence-corrected chi connectivity index (χ0v) is 14.3. The first-order valence-electron chi connectivity index (χ1n) is 8.70. The van der Waals surface area contributed by atoms with E-state index in [4.69, 9.17) is 9.15 Å². The van der Waals surface area contributed by atoms with Crippen molar-refractivity contribution >= 4 is 16.9 Å². The van der Waals surface area contributed by atoms with Crippen LogP contribution in [-0.4, -0.2) is 47.6 Å². The third-order valence-corrected chi connectivity index (χ3v) is 5.01. The summed E-state index contributed by atoms with van der Waals surface area (Å²) >= 11 is 0. The van der Waals surface area contributed by atoms with Crippen molar-refractivity contribution in [2.75, 3.05) is 26.4 Å². The molecule has 0 radical (unpaired) electrons. The zero-order valence-electron chi connectivity index (χ0n) is 14.3. The number of amides is 1. The van der Waals surface area contributed by atoms with Gasteiger partial charge in [-0.05, 0) is 25.0 Å². The van der Waals surface area contributed by atoms with Crippen molar-refractivity contribution in [2.45, 2.75) is 12.8 Å². The van der Waals surface area contributed by atoms with E-state index in [9.17, 15) is 9.90 Å². The fourth-order valence-electron chi connectivity index (χ4n) is 3.43.